The largest absolute Gasteiger partial charge is 0.370 e. The van der Waals surface area contributed by atoms with Crippen molar-refractivity contribution in [3.8, 4) is 0 Å². The molecule has 2 unspecified atom stereocenters. The summed E-state index contributed by atoms with van der Waals surface area (Å²) in [5.41, 5.74) is 5.96. The van der Waals surface area contributed by atoms with E-state index in [1.54, 1.807) is 0 Å². The number of piperidine rings is 1. The van der Waals surface area contributed by atoms with Crippen molar-refractivity contribution in [2.45, 2.75) is 39.0 Å². The quantitative estimate of drug-likeness (QED) is 0.529. The molecular formula is C12H23N3. The molecule has 86 valence electrons. The second-order valence-corrected chi connectivity index (χ2v) is 4.87. The molecule has 2 rings (SSSR count). The number of rotatable bonds is 1. The van der Waals surface area contributed by atoms with Crippen molar-refractivity contribution in [1.29, 1.82) is 0 Å². The third-order valence-corrected chi connectivity index (χ3v) is 3.94. The van der Waals surface area contributed by atoms with Crippen LogP contribution in [0.25, 0.3) is 0 Å². The SMILES string of the molecule is CCN=C(N)N1CCC2CCCCC2C1. The van der Waals surface area contributed by atoms with E-state index in [-0.39, 0.29) is 0 Å². The molecule has 0 aromatic carbocycles. The summed E-state index contributed by atoms with van der Waals surface area (Å²) in [5, 5.41) is 0. The van der Waals surface area contributed by atoms with Crippen molar-refractivity contribution in [1.82, 2.24) is 4.90 Å². The predicted molar refractivity (Wildman–Crippen MR) is 63.8 cm³/mol. The summed E-state index contributed by atoms with van der Waals surface area (Å²) in [7, 11) is 0. The van der Waals surface area contributed by atoms with Crippen molar-refractivity contribution in [3.63, 3.8) is 0 Å². The minimum absolute atomic E-state index is 0.765. The Balaban J connectivity index is 1.93. The maximum absolute atomic E-state index is 5.96. The number of fused-ring (bicyclic) bond motifs is 1. The summed E-state index contributed by atoms with van der Waals surface area (Å²) in [6.07, 6.45) is 7.04. The number of guanidine groups is 1. The van der Waals surface area contributed by atoms with E-state index in [9.17, 15) is 0 Å². The van der Waals surface area contributed by atoms with Crippen LogP contribution in [0.15, 0.2) is 4.99 Å². The van der Waals surface area contributed by atoms with E-state index in [0.717, 1.165) is 37.4 Å². The van der Waals surface area contributed by atoms with Gasteiger partial charge in [-0.15, -0.1) is 0 Å². The molecule has 1 saturated heterocycles. The number of nitrogens with zero attached hydrogens (tertiary/aromatic N) is 2. The average molecular weight is 209 g/mol. The molecule has 2 fully saturated rings. The first-order valence-electron chi connectivity index (χ1n) is 6.36. The van der Waals surface area contributed by atoms with Crippen molar-refractivity contribution in [2.75, 3.05) is 19.6 Å². The van der Waals surface area contributed by atoms with E-state index >= 15 is 0 Å². The molecule has 0 radical (unpaired) electrons. The molecule has 1 saturated carbocycles. The third-order valence-electron chi connectivity index (χ3n) is 3.94. The maximum atomic E-state index is 5.96. The Morgan fingerprint density at radius 2 is 2.00 bits per heavy atom. The molecule has 3 heteroatoms. The van der Waals surface area contributed by atoms with Crippen molar-refractivity contribution < 1.29 is 0 Å². The van der Waals surface area contributed by atoms with E-state index in [0.29, 0.717) is 0 Å². The summed E-state index contributed by atoms with van der Waals surface area (Å²) in [6, 6.07) is 0. The van der Waals surface area contributed by atoms with Gasteiger partial charge in [0, 0.05) is 19.6 Å². The second kappa shape index (κ2) is 4.86. The smallest absolute Gasteiger partial charge is 0.191 e. The molecule has 1 aliphatic carbocycles. The van der Waals surface area contributed by atoms with Crippen LogP contribution in [0.2, 0.25) is 0 Å². The first kappa shape index (κ1) is 10.8. The lowest BCUT2D eigenvalue weighted by molar-refractivity contribution is 0.129. The fraction of sp³-hybridized carbons (Fsp3) is 0.917. The summed E-state index contributed by atoms with van der Waals surface area (Å²) in [4.78, 5) is 6.59. The van der Waals surface area contributed by atoms with Crippen molar-refractivity contribution in [3.05, 3.63) is 0 Å². The molecule has 3 nitrogen and oxygen atoms in total. The van der Waals surface area contributed by atoms with Gasteiger partial charge in [-0.05, 0) is 31.6 Å². The molecule has 15 heavy (non-hydrogen) atoms. The van der Waals surface area contributed by atoms with Gasteiger partial charge in [-0.3, -0.25) is 4.99 Å². The summed E-state index contributed by atoms with van der Waals surface area (Å²) in [5.74, 6) is 2.63. The first-order chi connectivity index (χ1) is 7.31. The number of hydrogen-bond acceptors (Lipinski definition) is 1. The van der Waals surface area contributed by atoms with Crippen LogP contribution in [0.5, 0.6) is 0 Å². The zero-order valence-corrected chi connectivity index (χ0v) is 9.78. The second-order valence-electron chi connectivity index (χ2n) is 4.87. The predicted octanol–water partition coefficient (Wildman–Crippen LogP) is 1.83. The standard InChI is InChI=1S/C12H23N3/c1-2-14-12(13)15-8-7-10-5-3-4-6-11(10)9-15/h10-11H,2-9H2,1H3,(H2,13,14). The Hall–Kier alpha value is -0.730. The van der Waals surface area contributed by atoms with Gasteiger partial charge < -0.3 is 10.6 Å². The van der Waals surface area contributed by atoms with Gasteiger partial charge in [0.05, 0.1) is 0 Å². The van der Waals surface area contributed by atoms with Crippen molar-refractivity contribution in [2.24, 2.45) is 22.6 Å². The fourth-order valence-corrected chi connectivity index (χ4v) is 3.07. The maximum Gasteiger partial charge on any atom is 0.191 e. The van der Waals surface area contributed by atoms with Gasteiger partial charge in [0.2, 0.25) is 0 Å². The Labute approximate surface area is 92.7 Å². The van der Waals surface area contributed by atoms with Gasteiger partial charge in [0.15, 0.2) is 5.96 Å². The lowest BCUT2D eigenvalue weighted by Crippen LogP contribution is -2.47. The molecule has 2 atom stereocenters. The van der Waals surface area contributed by atoms with Gasteiger partial charge >= 0.3 is 0 Å². The number of likely N-dealkylation sites (tertiary alicyclic amines) is 1. The van der Waals surface area contributed by atoms with Crippen LogP contribution in [0.1, 0.15) is 39.0 Å². The minimum Gasteiger partial charge on any atom is -0.370 e. The zero-order chi connectivity index (χ0) is 10.7. The molecule has 0 aromatic rings. The Bertz CT molecular complexity index is 237. The highest BCUT2D eigenvalue weighted by molar-refractivity contribution is 5.78. The van der Waals surface area contributed by atoms with E-state index < -0.39 is 0 Å². The lowest BCUT2D eigenvalue weighted by atomic mass is 9.75. The van der Waals surface area contributed by atoms with E-state index in [1.165, 1.54) is 32.1 Å². The molecule has 0 amide bonds. The minimum atomic E-state index is 0.765. The molecule has 2 N–H and O–H groups in total. The summed E-state index contributed by atoms with van der Waals surface area (Å²) < 4.78 is 0. The molecule has 2 aliphatic rings. The first-order valence-corrected chi connectivity index (χ1v) is 6.36. The van der Waals surface area contributed by atoms with Gasteiger partial charge in [-0.1, -0.05) is 19.3 Å². The molecule has 1 heterocycles. The van der Waals surface area contributed by atoms with Gasteiger partial charge in [0.25, 0.3) is 0 Å². The van der Waals surface area contributed by atoms with Gasteiger partial charge in [-0.25, -0.2) is 0 Å². The molecule has 0 spiro atoms. The fourth-order valence-electron chi connectivity index (χ4n) is 3.07. The molecule has 0 bridgehead atoms. The van der Waals surface area contributed by atoms with Crippen LogP contribution >= 0.6 is 0 Å². The van der Waals surface area contributed by atoms with Crippen LogP contribution in [0, 0.1) is 11.8 Å². The molecule has 0 aromatic heterocycles. The normalized spacial score (nSPS) is 32.6. The van der Waals surface area contributed by atoms with Gasteiger partial charge in [0.1, 0.15) is 0 Å². The van der Waals surface area contributed by atoms with Crippen molar-refractivity contribution >= 4 is 5.96 Å². The highest BCUT2D eigenvalue weighted by atomic mass is 15.3. The number of hydrogen-bond donors (Lipinski definition) is 1. The summed E-state index contributed by atoms with van der Waals surface area (Å²) >= 11 is 0. The van der Waals surface area contributed by atoms with Gasteiger partial charge in [-0.2, -0.15) is 0 Å². The van der Waals surface area contributed by atoms with Crippen LogP contribution in [0.4, 0.5) is 0 Å². The average Bonchev–Trinajstić information content (AvgIpc) is 2.29. The Morgan fingerprint density at radius 3 is 2.73 bits per heavy atom. The Kier molecular flexibility index (Phi) is 3.49. The highest BCUT2D eigenvalue weighted by Crippen LogP contribution is 2.35. The topological polar surface area (TPSA) is 41.6 Å². The number of aliphatic imine (C=N–C) groups is 1. The van der Waals surface area contributed by atoms with E-state index in [2.05, 4.69) is 9.89 Å². The van der Waals surface area contributed by atoms with Crippen LogP contribution in [-0.4, -0.2) is 30.5 Å². The van der Waals surface area contributed by atoms with E-state index in [4.69, 9.17) is 5.73 Å². The molecular weight excluding hydrogens is 186 g/mol. The summed E-state index contributed by atoms with van der Waals surface area (Å²) in [6.45, 7) is 5.12. The highest BCUT2D eigenvalue weighted by Gasteiger charge is 2.31. The lowest BCUT2D eigenvalue weighted by Gasteiger charge is -2.41. The van der Waals surface area contributed by atoms with Crippen LogP contribution < -0.4 is 5.73 Å². The molecule has 1 aliphatic heterocycles. The Morgan fingerprint density at radius 1 is 1.27 bits per heavy atom. The zero-order valence-electron chi connectivity index (χ0n) is 9.78. The van der Waals surface area contributed by atoms with E-state index in [1.807, 2.05) is 6.92 Å². The number of nitrogens with two attached hydrogens (primary N) is 1. The monoisotopic (exact) mass is 209 g/mol. The van der Waals surface area contributed by atoms with Crippen LogP contribution in [0.3, 0.4) is 0 Å². The van der Waals surface area contributed by atoms with Crippen LogP contribution in [-0.2, 0) is 0 Å². The third kappa shape index (κ3) is 2.44.